The summed E-state index contributed by atoms with van der Waals surface area (Å²) in [4.78, 5) is 16.8. The molecule has 0 bridgehead atoms. The van der Waals surface area contributed by atoms with Gasteiger partial charge >= 0.3 is 0 Å². The summed E-state index contributed by atoms with van der Waals surface area (Å²) in [7, 11) is 1.66. The molecule has 3 nitrogen and oxygen atoms in total. The molecular weight excluding hydrogens is 294 g/mol. The van der Waals surface area contributed by atoms with Crippen LogP contribution in [0.25, 0.3) is 0 Å². The number of aromatic nitrogens is 1. The molecule has 0 aliphatic rings. The van der Waals surface area contributed by atoms with Crippen LogP contribution >= 0.6 is 11.8 Å². The van der Waals surface area contributed by atoms with E-state index in [9.17, 15) is 4.79 Å². The summed E-state index contributed by atoms with van der Waals surface area (Å²) in [6.07, 6.45) is 1.74. The third-order valence-electron chi connectivity index (χ3n) is 3.48. The number of carbonyl (C=O) groups excluding carboxylic acids is 1. The van der Waals surface area contributed by atoms with Crippen LogP contribution in [0.4, 0.5) is 0 Å². The zero-order chi connectivity index (χ0) is 16.1. The third kappa shape index (κ3) is 3.89. The van der Waals surface area contributed by atoms with Crippen LogP contribution in [0.15, 0.2) is 41.6 Å². The van der Waals surface area contributed by atoms with E-state index in [4.69, 9.17) is 4.74 Å². The molecule has 0 aliphatic heterocycles. The fourth-order valence-electron chi connectivity index (χ4n) is 2.29. The highest BCUT2D eigenvalue weighted by molar-refractivity contribution is 7.99. The van der Waals surface area contributed by atoms with Gasteiger partial charge in [-0.3, -0.25) is 4.79 Å². The van der Waals surface area contributed by atoms with Crippen molar-refractivity contribution in [2.75, 3.05) is 12.9 Å². The SMILES string of the molecule is COc1cc(C(C)C)c(C(=O)CSc2ccccn2)cc1C. The van der Waals surface area contributed by atoms with Gasteiger partial charge in [-0.15, -0.1) is 0 Å². The summed E-state index contributed by atoms with van der Waals surface area (Å²) in [6.45, 7) is 6.14. The molecule has 2 rings (SSSR count). The highest BCUT2D eigenvalue weighted by Crippen LogP contribution is 2.29. The molecular formula is C18H21NO2S. The van der Waals surface area contributed by atoms with Gasteiger partial charge < -0.3 is 4.74 Å². The first-order valence-electron chi connectivity index (χ1n) is 7.28. The zero-order valence-electron chi connectivity index (χ0n) is 13.4. The average Bonchev–Trinajstić information content (AvgIpc) is 2.53. The Hall–Kier alpha value is -1.81. The Bertz CT molecular complexity index is 654. The normalized spacial score (nSPS) is 10.8. The molecule has 0 saturated heterocycles. The lowest BCUT2D eigenvalue weighted by atomic mass is 9.93. The molecule has 0 saturated carbocycles. The first-order chi connectivity index (χ1) is 10.5. The summed E-state index contributed by atoms with van der Waals surface area (Å²) in [5.41, 5.74) is 2.81. The summed E-state index contributed by atoms with van der Waals surface area (Å²) >= 11 is 1.47. The Morgan fingerprint density at radius 2 is 2.09 bits per heavy atom. The van der Waals surface area contributed by atoms with Crippen molar-refractivity contribution in [2.45, 2.75) is 31.7 Å². The Morgan fingerprint density at radius 1 is 1.32 bits per heavy atom. The molecule has 0 unspecified atom stereocenters. The molecule has 2 aromatic rings. The van der Waals surface area contributed by atoms with Crippen molar-refractivity contribution < 1.29 is 9.53 Å². The van der Waals surface area contributed by atoms with Gasteiger partial charge in [0.15, 0.2) is 5.78 Å². The monoisotopic (exact) mass is 315 g/mol. The van der Waals surface area contributed by atoms with Crippen molar-refractivity contribution in [2.24, 2.45) is 0 Å². The minimum absolute atomic E-state index is 0.130. The van der Waals surface area contributed by atoms with Crippen LogP contribution in [0.2, 0.25) is 0 Å². The minimum atomic E-state index is 0.130. The topological polar surface area (TPSA) is 39.2 Å². The number of ether oxygens (including phenoxy) is 1. The summed E-state index contributed by atoms with van der Waals surface area (Å²) in [5.74, 6) is 1.62. The van der Waals surface area contributed by atoms with Gasteiger partial charge in [-0.05, 0) is 48.2 Å². The Morgan fingerprint density at radius 3 is 2.68 bits per heavy atom. The van der Waals surface area contributed by atoms with Crippen molar-refractivity contribution >= 4 is 17.5 Å². The van der Waals surface area contributed by atoms with E-state index in [-0.39, 0.29) is 11.7 Å². The second kappa shape index (κ2) is 7.45. The lowest BCUT2D eigenvalue weighted by molar-refractivity contribution is 0.102. The van der Waals surface area contributed by atoms with Gasteiger partial charge in [-0.2, -0.15) is 0 Å². The molecule has 1 heterocycles. The molecule has 4 heteroatoms. The van der Waals surface area contributed by atoms with Gasteiger partial charge in [0.1, 0.15) is 5.75 Å². The number of rotatable bonds is 6. The van der Waals surface area contributed by atoms with Crippen LogP contribution in [-0.4, -0.2) is 23.6 Å². The molecule has 1 aromatic heterocycles. The fraction of sp³-hybridized carbons (Fsp3) is 0.333. The summed E-state index contributed by atoms with van der Waals surface area (Å²) in [5, 5.41) is 0.868. The van der Waals surface area contributed by atoms with Gasteiger partial charge in [0.2, 0.25) is 0 Å². The van der Waals surface area contributed by atoms with E-state index >= 15 is 0 Å². The second-order valence-electron chi connectivity index (χ2n) is 5.44. The van der Waals surface area contributed by atoms with Crippen molar-refractivity contribution in [1.29, 1.82) is 0 Å². The maximum atomic E-state index is 12.6. The molecule has 1 aromatic carbocycles. The van der Waals surface area contributed by atoms with E-state index in [1.807, 2.05) is 37.3 Å². The number of methoxy groups -OCH3 is 1. The second-order valence-corrected chi connectivity index (χ2v) is 6.44. The number of nitrogens with zero attached hydrogens (tertiary/aromatic N) is 1. The number of hydrogen-bond donors (Lipinski definition) is 0. The fourth-order valence-corrected chi connectivity index (χ4v) is 3.04. The third-order valence-corrected chi connectivity index (χ3v) is 4.42. The van der Waals surface area contributed by atoms with Gasteiger partial charge in [0.25, 0.3) is 0 Å². The maximum Gasteiger partial charge on any atom is 0.173 e. The Labute approximate surface area is 136 Å². The molecule has 0 aliphatic carbocycles. The van der Waals surface area contributed by atoms with E-state index < -0.39 is 0 Å². The lowest BCUT2D eigenvalue weighted by Gasteiger charge is -2.15. The summed E-state index contributed by atoms with van der Waals surface area (Å²) < 4.78 is 5.37. The molecule has 116 valence electrons. The van der Waals surface area contributed by atoms with Crippen molar-refractivity contribution in [3.8, 4) is 5.75 Å². The van der Waals surface area contributed by atoms with Gasteiger partial charge in [0.05, 0.1) is 17.9 Å². The summed E-state index contributed by atoms with van der Waals surface area (Å²) in [6, 6.07) is 9.64. The number of Topliss-reactive ketones (excluding diaryl/α,β-unsaturated/α-hetero) is 1. The van der Waals surface area contributed by atoms with Crippen LogP contribution in [0, 0.1) is 6.92 Å². The Kier molecular flexibility index (Phi) is 5.61. The molecule has 0 radical (unpaired) electrons. The van der Waals surface area contributed by atoms with Gasteiger partial charge in [0, 0.05) is 11.8 Å². The smallest absolute Gasteiger partial charge is 0.173 e. The number of ketones is 1. The molecule has 0 amide bonds. The number of carbonyl (C=O) groups is 1. The largest absolute Gasteiger partial charge is 0.496 e. The van der Waals surface area contributed by atoms with Crippen molar-refractivity contribution in [3.05, 3.63) is 53.2 Å². The molecule has 0 N–H and O–H groups in total. The zero-order valence-corrected chi connectivity index (χ0v) is 14.2. The first kappa shape index (κ1) is 16.6. The van der Waals surface area contributed by atoms with Crippen LogP contribution in [0.5, 0.6) is 5.75 Å². The quantitative estimate of drug-likeness (QED) is 0.581. The van der Waals surface area contributed by atoms with E-state index in [1.165, 1.54) is 11.8 Å². The highest BCUT2D eigenvalue weighted by atomic mass is 32.2. The van der Waals surface area contributed by atoms with E-state index in [0.29, 0.717) is 5.75 Å². The minimum Gasteiger partial charge on any atom is -0.496 e. The van der Waals surface area contributed by atoms with E-state index in [0.717, 1.165) is 27.5 Å². The van der Waals surface area contributed by atoms with Crippen LogP contribution in [0.3, 0.4) is 0 Å². The molecule has 0 fully saturated rings. The van der Waals surface area contributed by atoms with Crippen molar-refractivity contribution in [1.82, 2.24) is 4.98 Å². The average molecular weight is 315 g/mol. The Balaban J connectivity index is 2.23. The van der Waals surface area contributed by atoms with Crippen LogP contribution in [0.1, 0.15) is 41.3 Å². The van der Waals surface area contributed by atoms with Gasteiger partial charge in [-0.25, -0.2) is 4.98 Å². The number of hydrogen-bond acceptors (Lipinski definition) is 4. The number of thioether (sulfide) groups is 1. The predicted octanol–water partition coefficient (Wildman–Crippen LogP) is 4.50. The molecule has 0 atom stereocenters. The maximum absolute atomic E-state index is 12.6. The number of benzene rings is 1. The van der Waals surface area contributed by atoms with Crippen LogP contribution < -0.4 is 4.74 Å². The molecule has 0 spiro atoms. The first-order valence-corrected chi connectivity index (χ1v) is 8.27. The van der Waals surface area contributed by atoms with E-state index in [1.54, 1.807) is 13.3 Å². The highest BCUT2D eigenvalue weighted by Gasteiger charge is 2.17. The number of aryl methyl sites for hydroxylation is 1. The van der Waals surface area contributed by atoms with Crippen LogP contribution in [-0.2, 0) is 0 Å². The van der Waals surface area contributed by atoms with E-state index in [2.05, 4.69) is 18.8 Å². The van der Waals surface area contributed by atoms with Gasteiger partial charge in [-0.1, -0.05) is 31.7 Å². The van der Waals surface area contributed by atoms with Crippen molar-refractivity contribution in [3.63, 3.8) is 0 Å². The standard InChI is InChI=1S/C18H21NO2S/c1-12(2)14-10-17(21-4)13(3)9-15(14)16(20)11-22-18-7-5-6-8-19-18/h5-10,12H,11H2,1-4H3. The molecule has 22 heavy (non-hydrogen) atoms. The lowest BCUT2D eigenvalue weighted by Crippen LogP contribution is -2.09. The predicted molar refractivity (Wildman–Crippen MR) is 91.1 cm³/mol. The number of pyridine rings is 1.